The first-order valence-corrected chi connectivity index (χ1v) is 10.3. The molecule has 1 N–H and O–H groups in total. The minimum Gasteiger partial charge on any atom is -0.396 e. The topological polar surface area (TPSA) is 43.8 Å². The van der Waals surface area contributed by atoms with Gasteiger partial charge in [0.2, 0.25) is 0 Å². The summed E-state index contributed by atoms with van der Waals surface area (Å²) in [5.74, 6) is 0.678. The fourth-order valence-corrected chi connectivity index (χ4v) is 4.29. The van der Waals surface area contributed by atoms with Gasteiger partial charge in [-0.15, -0.1) is 0 Å². The summed E-state index contributed by atoms with van der Waals surface area (Å²) in [7, 11) is 0. The molecule has 1 saturated heterocycles. The maximum absolute atomic E-state index is 12.9. The van der Waals surface area contributed by atoms with Crippen LogP contribution in [0.1, 0.15) is 30.6 Å². The molecule has 2 aromatic rings. The Kier molecular flexibility index (Phi) is 6.46. The molecule has 0 unspecified atom stereocenters. The summed E-state index contributed by atoms with van der Waals surface area (Å²) < 4.78 is 0. The predicted octanol–water partition coefficient (Wildman–Crippen LogP) is 3.58. The predicted molar refractivity (Wildman–Crippen MR) is 108 cm³/mol. The fraction of sp³-hybridized carbons (Fsp3) is 0.476. The molecule has 0 spiro atoms. The van der Waals surface area contributed by atoms with E-state index in [9.17, 15) is 9.90 Å². The van der Waals surface area contributed by atoms with Crippen molar-refractivity contribution in [1.29, 1.82) is 0 Å². The van der Waals surface area contributed by atoms with Gasteiger partial charge in [-0.25, -0.2) is 0 Å². The lowest BCUT2D eigenvalue weighted by molar-refractivity contribution is 0.0384. The number of piperazine rings is 1. The van der Waals surface area contributed by atoms with Crippen LogP contribution in [-0.4, -0.2) is 59.6 Å². The zero-order chi connectivity index (χ0) is 18.5. The minimum atomic E-state index is 0.0917. The van der Waals surface area contributed by atoms with E-state index in [-0.39, 0.29) is 18.6 Å². The second kappa shape index (κ2) is 8.80. The van der Waals surface area contributed by atoms with E-state index in [0.29, 0.717) is 18.9 Å². The SMILES string of the molecule is CC(C)CN1CCN(C(=O)c2ccc(-c3ccsc3)cc2)C[C@@H]1CCO. The van der Waals surface area contributed by atoms with Crippen LogP contribution in [0.15, 0.2) is 41.1 Å². The Hall–Kier alpha value is -1.69. The molecule has 26 heavy (non-hydrogen) atoms. The number of amides is 1. The van der Waals surface area contributed by atoms with E-state index >= 15 is 0 Å². The standard InChI is InChI=1S/C21H28N2O2S/c1-16(2)13-22-9-10-23(14-20(22)7-11-24)21(25)18-5-3-17(4-6-18)19-8-12-26-15-19/h3-6,8,12,15-16,20,24H,7,9-11,13-14H2,1-2H3/t20-/m0/s1. The van der Waals surface area contributed by atoms with Crippen LogP contribution in [0.25, 0.3) is 11.1 Å². The number of rotatable bonds is 6. The second-order valence-electron chi connectivity index (χ2n) is 7.40. The van der Waals surface area contributed by atoms with Gasteiger partial charge < -0.3 is 10.0 Å². The molecule has 5 heteroatoms. The molecule has 2 heterocycles. The highest BCUT2D eigenvalue weighted by Crippen LogP contribution is 2.23. The molecule has 1 aliphatic rings. The van der Waals surface area contributed by atoms with E-state index in [0.717, 1.165) is 30.8 Å². The van der Waals surface area contributed by atoms with Crippen LogP contribution in [0.4, 0.5) is 0 Å². The van der Waals surface area contributed by atoms with Crippen molar-refractivity contribution in [2.75, 3.05) is 32.8 Å². The summed E-state index contributed by atoms with van der Waals surface area (Å²) in [6, 6.07) is 10.2. The van der Waals surface area contributed by atoms with Crippen LogP contribution >= 0.6 is 11.3 Å². The minimum absolute atomic E-state index is 0.0917. The van der Waals surface area contributed by atoms with Crippen LogP contribution in [0.2, 0.25) is 0 Å². The second-order valence-corrected chi connectivity index (χ2v) is 8.18. The summed E-state index contributed by atoms with van der Waals surface area (Å²) in [6.45, 7) is 7.92. The van der Waals surface area contributed by atoms with Gasteiger partial charge in [-0.1, -0.05) is 26.0 Å². The van der Waals surface area contributed by atoms with Crippen molar-refractivity contribution in [2.45, 2.75) is 26.3 Å². The lowest BCUT2D eigenvalue weighted by Gasteiger charge is -2.42. The lowest BCUT2D eigenvalue weighted by Crippen LogP contribution is -2.55. The Bertz CT molecular complexity index is 697. The van der Waals surface area contributed by atoms with Crippen LogP contribution in [0.5, 0.6) is 0 Å². The highest BCUT2D eigenvalue weighted by atomic mass is 32.1. The quantitative estimate of drug-likeness (QED) is 0.843. The molecule has 4 nitrogen and oxygen atoms in total. The normalized spacial score (nSPS) is 18.5. The number of aliphatic hydroxyl groups is 1. The number of nitrogens with zero attached hydrogens (tertiary/aromatic N) is 2. The number of hydrogen-bond donors (Lipinski definition) is 1. The van der Waals surface area contributed by atoms with Crippen LogP contribution in [-0.2, 0) is 0 Å². The average Bonchev–Trinajstić information content (AvgIpc) is 3.17. The molecule has 0 aliphatic carbocycles. The molecule has 3 rings (SSSR count). The van der Waals surface area contributed by atoms with Gasteiger partial charge in [0, 0.05) is 44.4 Å². The molecule has 1 atom stereocenters. The molecular weight excluding hydrogens is 344 g/mol. The number of aliphatic hydroxyl groups excluding tert-OH is 1. The Morgan fingerprint density at radius 2 is 1.96 bits per heavy atom. The van der Waals surface area contributed by atoms with Crippen molar-refractivity contribution < 1.29 is 9.90 Å². The third kappa shape index (κ3) is 4.53. The molecule has 0 radical (unpaired) electrons. The van der Waals surface area contributed by atoms with E-state index in [2.05, 4.69) is 35.6 Å². The fourth-order valence-electron chi connectivity index (χ4n) is 3.63. The van der Waals surface area contributed by atoms with Gasteiger partial charge in [-0.2, -0.15) is 11.3 Å². The number of carbonyl (C=O) groups excluding carboxylic acids is 1. The van der Waals surface area contributed by atoms with E-state index in [1.807, 2.05) is 29.2 Å². The summed E-state index contributed by atoms with van der Waals surface area (Å²) in [4.78, 5) is 17.3. The summed E-state index contributed by atoms with van der Waals surface area (Å²) in [6.07, 6.45) is 0.716. The average molecular weight is 373 g/mol. The van der Waals surface area contributed by atoms with Crippen LogP contribution < -0.4 is 0 Å². The summed E-state index contributed by atoms with van der Waals surface area (Å²) in [5.41, 5.74) is 3.08. The van der Waals surface area contributed by atoms with Crippen molar-refractivity contribution in [2.24, 2.45) is 5.92 Å². The van der Waals surface area contributed by atoms with Crippen LogP contribution in [0, 0.1) is 5.92 Å². The largest absolute Gasteiger partial charge is 0.396 e. The first-order chi connectivity index (χ1) is 12.6. The first kappa shape index (κ1) is 19.1. The third-order valence-electron chi connectivity index (χ3n) is 4.94. The Balaban J connectivity index is 1.67. The molecule has 1 aromatic heterocycles. The number of carbonyl (C=O) groups is 1. The van der Waals surface area contributed by atoms with E-state index < -0.39 is 0 Å². The Morgan fingerprint density at radius 3 is 2.58 bits per heavy atom. The molecule has 1 fully saturated rings. The van der Waals surface area contributed by atoms with Gasteiger partial charge in [0.1, 0.15) is 0 Å². The van der Waals surface area contributed by atoms with Crippen molar-refractivity contribution in [3.63, 3.8) is 0 Å². The maximum atomic E-state index is 12.9. The van der Waals surface area contributed by atoms with Gasteiger partial charge in [-0.05, 0) is 52.4 Å². The monoisotopic (exact) mass is 372 g/mol. The van der Waals surface area contributed by atoms with Gasteiger partial charge in [0.25, 0.3) is 5.91 Å². The summed E-state index contributed by atoms with van der Waals surface area (Å²) in [5, 5.41) is 13.6. The van der Waals surface area contributed by atoms with E-state index in [4.69, 9.17) is 0 Å². The smallest absolute Gasteiger partial charge is 0.253 e. The van der Waals surface area contributed by atoms with E-state index in [1.165, 1.54) is 5.56 Å². The Labute approximate surface area is 160 Å². The molecule has 0 saturated carbocycles. The summed E-state index contributed by atoms with van der Waals surface area (Å²) >= 11 is 1.68. The molecule has 1 aromatic carbocycles. The Morgan fingerprint density at radius 1 is 1.19 bits per heavy atom. The number of thiophene rings is 1. The van der Waals surface area contributed by atoms with Gasteiger partial charge >= 0.3 is 0 Å². The van der Waals surface area contributed by atoms with Crippen molar-refractivity contribution in [3.05, 3.63) is 46.7 Å². The van der Waals surface area contributed by atoms with Crippen molar-refractivity contribution in [1.82, 2.24) is 9.80 Å². The molecule has 1 aliphatic heterocycles. The molecular formula is C21H28N2O2S. The third-order valence-corrected chi connectivity index (χ3v) is 5.62. The zero-order valence-electron chi connectivity index (χ0n) is 15.6. The molecule has 140 valence electrons. The lowest BCUT2D eigenvalue weighted by atomic mass is 10.0. The molecule has 1 amide bonds. The van der Waals surface area contributed by atoms with Gasteiger partial charge in [0.15, 0.2) is 0 Å². The van der Waals surface area contributed by atoms with Crippen molar-refractivity contribution in [3.8, 4) is 11.1 Å². The van der Waals surface area contributed by atoms with Crippen molar-refractivity contribution >= 4 is 17.2 Å². The number of hydrogen-bond acceptors (Lipinski definition) is 4. The first-order valence-electron chi connectivity index (χ1n) is 9.35. The zero-order valence-corrected chi connectivity index (χ0v) is 16.4. The highest BCUT2D eigenvalue weighted by Gasteiger charge is 2.29. The van der Waals surface area contributed by atoms with Gasteiger partial charge in [0.05, 0.1) is 0 Å². The van der Waals surface area contributed by atoms with Gasteiger partial charge in [-0.3, -0.25) is 9.69 Å². The number of benzene rings is 1. The van der Waals surface area contributed by atoms with Crippen LogP contribution in [0.3, 0.4) is 0 Å². The molecule has 0 bridgehead atoms. The maximum Gasteiger partial charge on any atom is 0.253 e. The van der Waals surface area contributed by atoms with E-state index in [1.54, 1.807) is 11.3 Å². The highest BCUT2D eigenvalue weighted by molar-refractivity contribution is 7.08.